The van der Waals surface area contributed by atoms with Gasteiger partial charge in [0.05, 0.1) is 12.2 Å². The smallest absolute Gasteiger partial charge is 0.257 e. The SMILES string of the molecule is CCOc1ccccc1C(=O)N(CC)[C@@H]1CCNC1. The summed E-state index contributed by atoms with van der Waals surface area (Å²) in [4.78, 5) is 14.6. The van der Waals surface area contributed by atoms with Gasteiger partial charge in [-0.2, -0.15) is 0 Å². The summed E-state index contributed by atoms with van der Waals surface area (Å²) in [5.74, 6) is 0.750. The molecule has 1 aliphatic heterocycles. The molecule has 4 heteroatoms. The van der Waals surface area contributed by atoms with Crippen molar-refractivity contribution in [3.05, 3.63) is 29.8 Å². The van der Waals surface area contributed by atoms with Crippen LogP contribution in [0.15, 0.2) is 24.3 Å². The zero-order valence-electron chi connectivity index (χ0n) is 11.7. The van der Waals surface area contributed by atoms with Crippen LogP contribution < -0.4 is 10.1 Å². The molecular formula is C15H22N2O2. The Kier molecular flexibility index (Phi) is 4.80. The lowest BCUT2D eigenvalue weighted by Crippen LogP contribution is -2.41. The number of nitrogens with one attached hydrogen (secondary N) is 1. The van der Waals surface area contributed by atoms with Crippen LogP contribution in [0.25, 0.3) is 0 Å². The monoisotopic (exact) mass is 262 g/mol. The van der Waals surface area contributed by atoms with Crippen LogP contribution in [-0.2, 0) is 0 Å². The lowest BCUT2D eigenvalue weighted by molar-refractivity contribution is 0.0699. The first-order chi connectivity index (χ1) is 9.27. The van der Waals surface area contributed by atoms with Gasteiger partial charge in [0.25, 0.3) is 5.91 Å². The molecule has 1 fully saturated rings. The van der Waals surface area contributed by atoms with E-state index in [1.54, 1.807) is 0 Å². The number of para-hydroxylation sites is 1. The Balaban J connectivity index is 2.21. The molecule has 1 amide bonds. The number of carbonyl (C=O) groups excluding carboxylic acids is 1. The second-order valence-electron chi connectivity index (χ2n) is 4.67. The molecule has 0 aliphatic carbocycles. The Morgan fingerprint density at radius 3 is 2.84 bits per heavy atom. The molecule has 0 bridgehead atoms. The van der Waals surface area contributed by atoms with Crippen LogP contribution in [0, 0.1) is 0 Å². The number of likely N-dealkylation sites (N-methyl/N-ethyl adjacent to an activating group) is 1. The normalized spacial score (nSPS) is 18.3. The molecule has 1 aliphatic rings. The minimum atomic E-state index is 0.0697. The fourth-order valence-corrected chi connectivity index (χ4v) is 2.55. The van der Waals surface area contributed by atoms with Crippen molar-refractivity contribution in [2.45, 2.75) is 26.3 Å². The van der Waals surface area contributed by atoms with Crippen LogP contribution in [0.4, 0.5) is 0 Å². The average Bonchev–Trinajstić information content (AvgIpc) is 2.94. The average molecular weight is 262 g/mol. The first kappa shape index (κ1) is 13.9. The molecule has 0 aromatic heterocycles. The fraction of sp³-hybridized carbons (Fsp3) is 0.533. The van der Waals surface area contributed by atoms with Gasteiger partial charge in [0.15, 0.2) is 0 Å². The fourth-order valence-electron chi connectivity index (χ4n) is 2.55. The minimum Gasteiger partial charge on any atom is -0.493 e. The van der Waals surface area contributed by atoms with Gasteiger partial charge in [0.2, 0.25) is 0 Å². The van der Waals surface area contributed by atoms with Gasteiger partial charge in [-0.1, -0.05) is 12.1 Å². The maximum Gasteiger partial charge on any atom is 0.257 e. The third-order valence-corrected chi connectivity index (χ3v) is 3.49. The van der Waals surface area contributed by atoms with E-state index in [0.717, 1.165) is 26.1 Å². The minimum absolute atomic E-state index is 0.0697. The van der Waals surface area contributed by atoms with Crippen LogP contribution in [0.3, 0.4) is 0 Å². The molecule has 2 rings (SSSR count). The Labute approximate surface area is 114 Å². The first-order valence-corrected chi connectivity index (χ1v) is 7.01. The van der Waals surface area contributed by atoms with Crippen LogP contribution >= 0.6 is 0 Å². The molecule has 0 saturated carbocycles. The van der Waals surface area contributed by atoms with Gasteiger partial charge in [-0.3, -0.25) is 4.79 Å². The van der Waals surface area contributed by atoms with Gasteiger partial charge in [-0.25, -0.2) is 0 Å². The Morgan fingerprint density at radius 1 is 1.42 bits per heavy atom. The molecule has 1 atom stereocenters. The van der Waals surface area contributed by atoms with E-state index in [1.165, 1.54) is 0 Å². The van der Waals surface area contributed by atoms with Crippen molar-refractivity contribution in [2.75, 3.05) is 26.2 Å². The molecule has 1 aromatic carbocycles. The van der Waals surface area contributed by atoms with E-state index >= 15 is 0 Å². The van der Waals surface area contributed by atoms with Crippen molar-refractivity contribution in [1.82, 2.24) is 10.2 Å². The van der Waals surface area contributed by atoms with Crippen LogP contribution in [0.1, 0.15) is 30.6 Å². The van der Waals surface area contributed by atoms with Gasteiger partial charge in [-0.15, -0.1) is 0 Å². The van der Waals surface area contributed by atoms with Gasteiger partial charge in [0, 0.05) is 19.1 Å². The lowest BCUT2D eigenvalue weighted by atomic mass is 10.1. The predicted molar refractivity (Wildman–Crippen MR) is 75.6 cm³/mol. The largest absolute Gasteiger partial charge is 0.493 e. The predicted octanol–water partition coefficient (Wildman–Crippen LogP) is 1.91. The molecule has 1 heterocycles. The highest BCUT2D eigenvalue weighted by atomic mass is 16.5. The molecule has 4 nitrogen and oxygen atoms in total. The lowest BCUT2D eigenvalue weighted by Gasteiger charge is -2.27. The van der Waals surface area contributed by atoms with Crippen LogP contribution in [-0.4, -0.2) is 43.1 Å². The van der Waals surface area contributed by atoms with Crippen molar-refractivity contribution in [3.8, 4) is 5.75 Å². The second-order valence-corrected chi connectivity index (χ2v) is 4.67. The molecule has 1 saturated heterocycles. The van der Waals surface area contributed by atoms with E-state index in [0.29, 0.717) is 24.0 Å². The molecule has 0 unspecified atom stereocenters. The number of rotatable bonds is 5. The molecule has 1 aromatic rings. The summed E-state index contributed by atoms with van der Waals surface area (Å²) < 4.78 is 5.55. The molecule has 104 valence electrons. The first-order valence-electron chi connectivity index (χ1n) is 7.01. The standard InChI is InChI=1S/C15H22N2O2/c1-3-17(12-9-10-16-11-12)15(18)13-7-5-6-8-14(13)19-4-2/h5-8,12,16H,3-4,9-11H2,1-2H3/t12-/m1/s1. The molecule has 1 N–H and O–H groups in total. The highest BCUT2D eigenvalue weighted by Gasteiger charge is 2.27. The number of carbonyl (C=O) groups is 1. The quantitative estimate of drug-likeness (QED) is 0.881. The summed E-state index contributed by atoms with van der Waals surface area (Å²) in [6.45, 7) is 7.13. The number of amides is 1. The summed E-state index contributed by atoms with van der Waals surface area (Å²) in [5.41, 5.74) is 0.665. The topological polar surface area (TPSA) is 41.6 Å². The summed E-state index contributed by atoms with van der Waals surface area (Å²) >= 11 is 0. The van der Waals surface area contributed by atoms with E-state index in [2.05, 4.69) is 5.32 Å². The summed E-state index contributed by atoms with van der Waals surface area (Å²) in [6, 6.07) is 7.79. The third-order valence-electron chi connectivity index (χ3n) is 3.49. The number of benzene rings is 1. The van der Waals surface area contributed by atoms with E-state index in [1.807, 2.05) is 43.0 Å². The van der Waals surface area contributed by atoms with E-state index in [-0.39, 0.29) is 5.91 Å². The maximum absolute atomic E-state index is 12.7. The molecule has 0 spiro atoms. The highest BCUT2D eigenvalue weighted by molar-refractivity contribution is 5.97. The molecule has 0 radical (unpaired) electrons. The van der Waals surface area contributed by atoms with E-state index in [9.17, 15) is 4.79 Å². The van der Waals surface area contributed by atoms with E-state index in [4.69, 9.17) is 4.74 Å². The van der Waals surface area contributed by atoms with Gasteiger partial charge < -0.3 is 15.0 Å². The summed E-state index contributed by atoms with van der Waals surface area (Å²) in [5, 5.41) is 3.31. The number of hydrogen-bond acceptors (Lipinski definition) is 3. The van der Waals surface area contributed by atoms with Crippen molar-refractivity contribution in [1.29, 1.82) is 0 Å². The maximum atomic E-state index is 12.7. The number of nitrogens with zero attached hydrogens (tertiary/aromatic N) is 1. The van der Waals surface area contributed by atoms with E-state index < -0.39 is 0 Å². The zero-order valence-corrected chi connectivity index (χ0v) is 11.7. The Bertz CT molecular complexity index is 428. The highest BCUT2D eigenvalue weighted by Crippen LogP contribution is 2.22. The Hall–Kier alpha value is -1.55. The van der Waals surface area contributed by atoms with Crippen LogP contribution in [0.2, 0.25) is 0 Å². The summed E-state index contributed by atoms with van der Waals surface area (Å²) in [6.07, 6.45) is 1.02. The van der Waals surface area contributed by atoms with Crippen molar-refractivity contribution in [3.63, 3.8) is 0 Å². The molecular weight excluding hydrogens is 240 g/mol. The van der Waals surface area contributed by atoms with Gasteiger partial charge in [-0.05, 0) is 38.9 Å². The summed E-state index contributed by atoms with van der Waals surface area (Å²) in [7, 11) is 0. The zero-order chi connectivity index (χ0) is 13.7. The Morgan fingerprint density at radius 2 is 2.21 bits per heavy atom. The van der Waals surface area contributed by atoms with Gasteiger partial charge in [0.1, 0.15) is 5.75 Å². The van der Waals surface area contributed by atoms with Crippen molar-refractivity contribution >= 4 is 5.91 Å². The second kappa shape index (κ2) is 6.57. The van der Waals surface area contributed by atoms with Crippen LogP contribution in [0.5, 0.6) is 5.75 Å². The van der Waals surface area contributed by atoms with Crippen molar-refractivity contribution in [2.24, 2.45) is 0 Å². The third kappa shape index (κ3) is 3.07. The number of hydrogen-bond donors (Lipinski definition) is 1. The number of ether oxygens (including phenoxy) is 1. The van der Waals surface area contributed by atoms with Gasteiger partial charge >= 0.3 is 0 Å². The van der Waals surface area contributed by atoms with Crippen molar-refractivity contribution < 1.29 is 9.53 Å². The molecule has 19 heavy (non-hydrogen) atoms.